The highest BCUT2D eigenvalue weighted by Gasteiger charge is 2.50. The number of rotatable bonds is 25. The lowest BCUT2D eigenvalue weighted by Gasteiger charge is -2.30. The zero-order chi connectivity index (χ0) is 44.9. The maximum absolute atomic E-state index is 12.7. The molecular formula is C30H49N8O18P3S. The van der Waals surface area contributed by atoms with E-state index in [4.69, 9.17) is 19.5 Å². The molecule has 11 N–H and O–H groups in total. The molecule has 1 aliphatic rings. The monoisotopic (exact) mass is 934 g/mol. The van der Waals surface area contributed by atoms with E-state index < -0.39 is 84.6 Å². The molecule has 3 amide bonds. The molecule has 0 spiro atoms. The molecule has 0 saturated carbocycles. The number of nitrogen functional groups attached to an aromatic ring is 1. The van der Waals surface area contributed by atoms with Crippen molar-refractivity contribution in [3.05, 3.63) is 24.8 Å². The molecule has 2 aromatic heterocycles. The van der Waals surface area contributed by atoms with E-state index in [0.29, 0.717) is 18.7 Å². The van der Waals surface area contributed by atoms with Gasteiger partial charge < -0.3 is 56.2 Å². The van der Waals surface area contributed by atoms with E-state index in [-0.39, 0.29) is 47.5 Å². The number of hydrogen-bond acceptors (Lipinski definition) is 19. The molecule has 2 aromatic rings. The van der Waals surface area contributed by atoms with Gasteiger partial charge in [-0.2, -0.15) is 4.31 Å². The number of hydrogen-bond donors (Lipinski definition) is 10. The number of thioether (sulfide) groups is 1. The van der Waals surface area contributed by atoms with Crippen molar-refractivity contribution < 1.29 is 85.3 Å². The molecule has 26 nitrogen and oxygen atoms in total. The molecule has 0 aliphatic carbocycles. The van der Waals surface area contributed by atoms with Gasteiger partial charge in [0.25, 0.3) is 0 Å². The number of nitrogens with one attached hydrogen (secondary N) is 3. The molecule has 1 saturated heterocycles. The standard InChI is InChI=1S/C30H49N8O18P3S/c1-18(39)32-10-7-5-4-6-8-21(41)60-13-12-33-20(40)9-11-34-28(44)25(43)30(2,3)15-53-59(50,51)56-58(48,49)52-14-19-24(55-57(45,46)47)23(42)29(54-19)38-17-37-22-26(31)35-16-36-27(22)38/h6,8,16-17,19,23-25,29,42-43H,4-5,7,9-15H2,1-3H3,(H,32,39)(H,33,40)(H,34,44)(H,48,49)(H,50,51)(H2,31,35,36)(H2,45,46,47)/t19-,23-,24-,25+,29-/m1/s1. The molecule has 3 rings (SSSR count). The first kappa shape index (κ1) is 51.1. The van der Waals surface area contributed by atoms with Crippen LogP contribution in [0.1, 0.15) is 52.7 Å². The summed E-state index contributed by atoms with van der Waals surface area (Å²) in [5.41, 5.74) is 4.24. The van der Waals surface area contributed by atoms with Gasteiger partial charge in [0.2, 0.25) is 22.8 Å². The van der Waals surface area contributed by atoms with Crippen molar-refractivity contribution in [3.63, 3.8) is 0 Å². The minimum Gasteiger partial charge on any atom is -0.386 e. The van der Waals surface area contributed by atoms with Crippen molar-refractivity contribution in [1.29, 1.82) is 0 Å². The number of aromatic nitrogens is 4. The van der Waals surface area contributed by atoms with Gasteiger partial charge in [0.05, 0.1) is 19.5 Å². The minimum atomic E-state index is -5.58. The number of allylic oxidation sites excluding steroid dienone is 1. The lowest BCUT2D eigenvalue weighted by atomic mass is 9.87. The molecule has 338 valence electrons. The van der Waals surface area contributed by atoms with Gasteiger partial charge in [0, 0.05) is 44.1 Å². The summed E-state index contributed by atoms with van der Waals surface area (Å²) in [6.07, 6.45) is -1.57. The molecule has 2 unspecified atom stereocenters. The highest BCUT2D eigenvalue weighted by Crippen LogP contribution is 2.61. The molecule has 60 heavy (non-hydrogen) atoms. The summed E-state index contributed by atoms with van der Waals surface area (Å²) in [6.45, 7) is 2.39. The third kappa shape index (κ3) is 16.9. The van der Waals surface area contributed by atoms with Crippen LogP contribution in [0.25, 0.3) is 11.2 Å². The second-order valence-corrected chi connectivity index (χ2v) is 19.0. The molecule has 0 radical (unpaired) electrons. The highest BCUT2D eigenvalue weighted by molar-refractivity contribution is 8.14. The largest absolute Gasteiger partial charge is 0.481 e. The normalized spacial score (nSPS) is 21.0. The predicted octanol–water partition coefficient (Wildman–Crippen LogP) is -0.473. The Morgan fingerprint density at radius 2 is 1.72 bits per heavy atom. The Morgan fingerprint density at radius 3 is 2.40 bits per heavy atom. The predicted molar refractivity (Wildman–Crippen MR) is 209 cm³/mol. The number of nitrogens with zero attached hydrogens (tertiary/aromatic N) is 4. The lowest BCUT2D eigenvalue weighted by molar-refractivity contribution is -0.137. The number of nitrogens with two attached hydrogens (primary N) is 1. The van der Waals surface area contributed by atoms with Gasteiger partial charge >= 0.3 is 23.5 Å². The van der Waals surface area contributed by atoms with Gasteiger partial charge in [-0.3, -0.25) is 37.3 Å². The summed E-state index contributed by atoms with van der Waals surface area (Å²) < 4.78 is 62.1. The molecule has 30 heteroatoms. The quantitative estimate of drug-likeness (QED) is 0.0342. The Morgan fingerprint density at radius 1 is 1.02 bits per heavy atom. The number of imidazole rings is 1. The summed E-state index contributed by atoms with van der Waals surface area (Å²) in [5.74, 6) is -1.31. The molecular weight excluding hydrogens is 885 g/mol. The molecule has 1 aliphatic heterocycles. The number of carbonyl (C=O) groups excluding carboxylic acids is 4. The van der Waals surface area contributed by atoms with Gasteiger partial charge in [-0.05, 0) is 25.3 Å². The summed E-state index contributed by atoms with van der Waals surface area (Å²) in [7, 11) is -16.4. The number of unbranched alkanes of at least 4 members (excludes halogenated alkanes) is 2. The van der Waals surface area contributed by atoms with Crippen LogP contribution in [0.15, 0.2) is 24.8 Å². The number of ether oxygens (including phenoxy) is 1. The summed E-state index contributed by atoms with van der Waals surface area (Å²) in [4.78, 5) is 98.5. The van der Waals surface area contributed by atoms with Crippen LogP contribution in [0.5, 0.6) is 0 Å². The Bertz CT molecular complexity index is 1980. The summed E-state index contributed by atoms with van der Waals surface area (Å²) >= 11 is 0.999. The van der Waals surface area contributed by atoms with Gasteiger partial charge in [-0.15, -0.1) is 0 Å². The van der Waals surface area contributed by atoms with Crippen LogP contribution in [0, 0.1) is 5.41 Å². The fraction of sp³-hybridized carbons (Fsp3) is 0.633. The second kappa shape index (κ2) is 22.7. The molecule has 0 bridgehead atoms. The Labute approximate surface area is 346 Å². The van der Waals surface area contributed by atoms with E-state index in [1.807, 2.05) is 0 Å². The first-order valence-corrected chi connectivity index (χ1v) is 23.4. The van der Waals surface area contributed by atoms with Crippen molar-refractivity contribution in [3.8, 4) is 0 Å². The van der Waals surface area contributed by atoms with Crippen LogP contribution in [-0.2, 0) is 55.5 Å². The zero-order valence-corrected chi connectivity index (χ0v) is 36.0. The zero-order valence-electron chi connectivity index (χ0n) is 32.5. The fourth-order valence-corrected chi connectivity index (χ4v) is 8.59. The Hall–Kier alpha value is -3.23. The number of aliphatic hydroxyl groups is 2. The van der Waals surface area contributed by atoms with E-state index >= 15 is 0 Å². The molecule has 0 aromatic carbocycles. The maximum Gasteiger partial charge on any atom is 0.481 e. The van der Waals surface area contributed by atoms with Crippen LogP contribution >= 0.6 is 35.2 Å². The van der Waals surface area contributed by atoms with Crippen molar-refractivity contribution in [1.82, 2.24) is 35.5 Å². The van der Waals surface area contributed by atoms with E-state index in [2.05, 4.69) is 39.7 Å². The smallest absolute Gasteiger partial charge is 0.386 e. The van der Waals surface area contributed by atoms with Gasteiger partial charge in [0.1, 0.15) is 36.3 Å². The molecule has 3 heterocycles. The van der Waals surface area contributed by atoms with Gasteiger partial charge in [0.15, 0.2) is 17.7 Å². The van der Waals surface area contributed by atoms with Gasteiger partial charge in [-0.25, -0.2) is 28.6 Å². The summed E-state index contributed by atoms with van der Waals surface area (Å²) in [6, 6.07) is 0. The number of phosphoric ester groups is 3. The molecule has 1 fully saturated rings. The van der Waals surface area contributed by atoms with E-state index in [9.17, 15) is 62.7 Å². The summed E-state index contributed by atoms with van der Waals surface area (Å²) in [5, 5.41) is 28.9. The number of fused-ring (bicyclic) bond motifs is 1. The number of anilines is 1. The van der Waals surface area contributed by atoms with Crippen LogP contribution in [-0.4, -0.2) is 135 Å². The SMILES string of the molecule is CC(=O)NCCCCC=CC(=O)SCCNC(=O)CCNC(=O)[C@H](O)C(C)(C)COP(=O)(O)OP(=O)(O)OC[C@H]1O[C@@H](n2cnc3c(N)ncnc32)[C@H](O)[C@@H]1OP(=O)(O)O. The number of amides is 3. The lowest BCUT2D eigenvalue weighted by Crippen LogP contribution is -2.46. The fourth-order valence-electron chi connectivity index (χ4n) is 5.16. The molecule has 7 atom stereocenters. The number of aliphatic hydroxyl groups excluding tert-OH is 2. The minimum absolute atomic E-state index is 0.0252. The van der Waals surface area contributed by atoms with Crippen LogP contribution in [0.4, 0.5) is 5.82 Å². The third-order valence-corrected chi connectivity index (χ3v) is 12.1. The van der Waals surface area contributed by atoms with Crippen molar-refractivity contribution in [2.24, 2.45) is 5.41 Å². The Kier molecular flexibility index (Phi) is 19.4. The van der Waals surface area contributed by atoms with Crippen molar-refractivity contribution in [2.45, 2.75) is 77.1 Å². The number of phosphoric acid groups is 3. The van der Waals surface area contributed by atoms with Crippen LogP contribution < -0.4 is 21.7 Å². The third-order valence-electron chi connectivity index (χ3n) is 8.17. The average molecular weight is 935 g/mol. The van der Waals surface area contributed by atoms with Crippen LogP contribution in [0.3, 0.4) is 0 Å². The second-order valence-electron chi connectivity index (χ2n) is 13.6. The van der Waals surface area contributed by atoms with Crippen LogP contribution in [0.2, 0.25) is 0 Å². The highest BCUT2D eigenvalue weighted by atomic mass is 32.2. The topological polar surface area (TPSA) is 393 Å². The Balaban J connectivity index is 1.42. The average Bonchev–Trinajstić information content (AvgIpc) is 3.70. The van der Waals surface area contributed by atoms with E-state index in [1.54, 1.807) is 6.08 Å². The van der Waals surface area contributed by atoms with E-state index in [0.717, 1.165) is 41.8 Å². The first-order chi connectivity index (χ1) is 27.9. The number of carbonyl (C=O) groups is 4. The maximum atomic E-state index is 12.7. The van der Waals surface area contributed by atoms with E-state index in [1.165, 1.54) is 26.8 Å². The van der Waals surface area contributed by atoms with Crippen molar-refractivity contribution in [2.75, 3.05) is 44.3 Å². The first-order valence-electron chi connectivity index (χ1n) is 17.9. The van der Waals surface area contributed by atoms with Crippen molar-refractivity contribution >= 4 is 75.0 Å². The van der Waals surface area contributed by atoms with Gasteiger partial charge in [-0.1, -0.05) is 31.7 Å².